The number of aromatic carboxylic acids is 1. The molecule has 0 bridgehead atoms. The molecule has 1 aliphatic heterocycles. The standard InChI is InChI=1S/C26H32N2O5/c1-14-3-6-18(33-2)8-20(14)25-9-17-13-28(12-15-4-5-15)22(17)26(25,32)10-16-7-19(24(30)31)23(29)27-21(16)11-25/h3,6-7,15,17-18,22,32H,4-5,8-13H2,1-2H3,(H,27,29)(H,30,31)/t17?,18?,22-,25-,26-/m1/s1. The summed E-state index contributed by atoms with van der Waals surface area (Å²) in [6, 6.07) is 1.56. The molecule has 5 aliphatic rings. The minimum atomic E-state index is -1.23. The van der Waals surface area contributed by atoms with E-state index < -0.39 is 22.5 Å². The first kappa shape index (κ1) is 21.3. The molecule has 5 atom stereocenters. The molecule has 33 heavy (non-hydrogen) atoms. The number of likely N-dealkylation sites (tertiary alicyclic amines) is 1. The van der Waals surface area contributed by atoms with Crippen LogP contribution >= 0.6 is 0 Å². The van der Waals surface area contributed by atoms with Crippen molar-refractivity contribution in [3.05, 3.63) is 56.5 Å². The maximum atomic E-state index is 12.6. The van der Waals surface area contributed by atoms with Gasteiger partial charge in [0.15, 0.2) is 0 Å². The highest BCUT2D eigenvalue weighted by Crippen LogP contribution is 2.65. The van der Waals surface area contributed by atoms with E-state index in [1.165, 1.54) is 30.1 Å². The Balaban J connectivity index is 1.49. The summed E-state index contributed by atoms with van der Waals surface area (Å²) in [5.41, 5.74) is 1.61. The molecule has 7 nitrogen and oxygen atoms in total. The number of pyridine rings is 1. The Kier molecular flexibility index (Phi) is 4.61. The second kappa shape index (κ2) is 7.14. The molecule has 176 valence electrons. The van der Waals surface area contributed by atoms with Crippen LogP contribution in [0.2, 0.25) is 0 Å². The summed E-state index contributed by atoms with van der Waals surface area (Å²) >= 11 is 0. The number of aliphatic hydroxyl groups is 1. The number of aromatic amines is 1. The number of carbonyl (C=O) groups is 1. The lowest BCUT2D eigenvalue weighted by molar-refractivity contribution is -0.130. The van der Waals surface area contributed by atoms with E-state index in [4.69, 9.17) is 4.74 Å². The number of carboxylic acid groups (broad SMARTS) is 1. The van der Waals surface area contributed by atoms with E-state index in [9.17, 15) is 19.8 Å². The van der Waals surface area contributed by atoms with Crippen LogP contribution < -0.4 is 5.56 Å². The molecule has 2 heterocycles. The van der Waals surface area contributed by atoms with Crippen LogP contribution in [0.15, 0.2) is 34.2 Å². The van der Waals surface area contributed by atoms with Gasteiger partial charge in [-0.1, -0.05) is 23.3 Å². The summed E-state index contributed by atoms with van der Waals surface area (Å²) in [4.78, 5) is 29.5. The Hall–Kier alpha value is -2.22. The number of aromatic nitrogens is 1. The van der Waals surface area contributed by atoms with Crippen LogP contribution in [0.4, 0.5) is 0 Å². The molecule has 0 aromatic carbocycles. The van der Waals surface area contributed by atoms with E-state index in [1.54, 1.807) is 7.11 Å². The third kappa shape index (κ3) is 2.98. The molecular formula is C26H32N2O5. The zero-order chi connectivity index (χ0) is 23.1. The fourth-order valence-electron chi connectivity index (χ4n) is 7.46. The molecule has 0 radical (unpaired) electrons. The average molecular weight is 453 g/mol. The van der Waals surface area contributed by atoms with E-state index >= 15 is 0 Å². The van der Waals surface area contributed by atoms with E-state index in [1.807, 2.05) is 0 Å². The van der Waals surface area contributed by atoms with Crippen LogP contribution in [0.5, 0.6) is 0 Å². The molecule has 1 aromatic heterocycles. The molecule has 1 saturated heterocycles. The number of nitrogens with zero attached hydrogens (tertiary/aromatic N) is 1. The molecule has 0 spiro atoms. The van der Waals surface area contributed by atoms with E-state index in [2.05, 4.69) is 29.0 Å². The first-order chi connectivity index (χ1) is 15.8. The smallest absolute Gasteiger partial charge is 0.341 e. The predicted octanol–water partition coefficient (Wildman–Crippen LogP) is 2.29. The molecule has 3 fully saturated rings. The van der Waals surface area contributed by atoms with Gasteiger partial charge in [-0.15, -0.1) is 0 Å². The van der Waals surface area contributed by atoms with Crippen LogP contribution in [0.3, 0.4) is 0 Å². The number of methoxy groups -OCH3 is 1. The molecule has 6 rings (SSSR count). The lowest BCUT2D eigenvalue weighted by atomic mass is 9.57. The third-order valence-corrected chi connectivity index (χ3v) is 9.13. The van der Waals surface area contributed by atoms with Crippen molar-refractivity contribution in [2.75, 3.05) is 20.2 Å². The molecule has 4 aliphatic carbocycles. The van der Waals surface area contributed by atoms with Crippen LogP contribution in [0.1, 0.15) is 54.2 Å². The van der Waals surface area contributed by atoms with Crippen molar-refractivity contribution in [1.29, 1.82) is 0 Å². The number of nitrogens with one attached hydrogen (secondary N) is 1. The SMILES string of the molecule is COC1C=CC(C)=C([C@@]23Cc4[nH]c(=O)c(C(=O)O)cc4C[C@@]2(O)[C@H]2C(CN2CC2CC2)C3)C1. The van der Waals surface area contributed by atoms with Gasteiger partial charge in [0.1, 0.15) is 5.56 Å². The normalized spacial score (nSPS) is 37.4. The number of hydrogen-bond donors (Lipinski definition) is 3. The fraction of sp³-hybridized carbons (Fsp3) is 0.615. The third-order valence-electron chi connectivity index (χ3n) is 9.13. The molecule has 2 unspecified atom stereocenters. The summed E-state index contributed by atoms with van der Waals surface area (Å²) in [7, 11) is 1.72. The molecule has 0 amide bonds. The summed E-state index contributed by atoms with van der Waals surface area (Å²) in [6.45, 7) is 4.16. The second-order valence-corrected chi connectivity index (χ2v) is 11.0. The van der Waals surface area contributed by atoms with Crippen molar-refractivity contribution in [3.8, 4) is 0 Å². The van der Waals surface area contributed by atoms with Crippen LogP contribution in [-0.4, -0.2) is 64.0 Å². The Morgan fingerprint density at radius 2 is 2.12 bits per heavy atom. The van der Waals surface area contributed by atoms with Gasteiger partial charge in [-0.2, -0.15) is 0 Å². The quantitative estimate of drug-likeness (QED) is 0.634. The van der Waals surface area contributed by atoms with Crippen molar-refractivity contribution in [2.45, 2.75) is 63.2 Å². The van der Waals surface area contributed by atoms with Gasteiger partial charge in [0.2, 0.25) is 0 Å². The van der Waals surface area contributed by atoms with E-state index in [0.717, 1.165) is 43.1 Å². The molecule has 3 N–H and O–H groups in total. The van der Waals surface area contributed by atoms with Gasteiger partial charge in [-0.25, -0.2) is 4.79 Å². The number of hydrogen-bond acceptors (Lipinski definition) is 5. The summed E-state index contributed by atoms with van der Waals surface area (Å²) < 4.78 is 5.68. The molecule has 2 saturated carbocycles. The van der Waals surface area contributed by atoms with Crippen LogP contribution in [0, 0.1) is 17.3 Å². The number of rotatable bonds is 5. The van der Waals surface area contributed by atoms with Crippen LogP contribution in [0.25, 0.3) is 0 Å². The van der Waals surface area contributed by atoms with Gasteiger partial charge in [0, 0.05) is 50.2 Å². The Labute approximate surface area is 193 Å². The summed E-state index contributed by atoms with van der Waals surface area (Å²) in [6.07, 6.45) is 9.20. The maximum absolute atomic E-state index is 12.6. The van der Waals surface area contributed by atoms with Gasteiger partial charge in [-0.3, -0.25) is 9.69 Å². The topological polar surface area (TPSA) is 103 Å². The van der Waals surface area contributed by atoms with Crippen molar-refractivity contribution in [2.24, 2.45) is 17.3 Å². The number of carboxylic acids is 1. The van der Waals surface area contributed by atoms with Crippen molar-refractivity contribution in [1.82, 2.24) is 9.88 Å². The van der Waals surface area contributed by atoms with Crippen molar-refractivity contribution < 1.29 is 19.7 Å². The number of fused-ring (bicyclic) bond motifs is 4. The number of allylic oxidation sites excluding steroid dienone is 2. The summed E-state index contributed by atoms with van der Waals surface area (Å²) in [5, 5.41) is 22.1. The largest absolute Gasteiger partial charge is 0.477 e. The van der Waals surface area contributed by atoms with Gasteiger partial charge < -0.3 is 19.9 Å². The zero-order valence-corrected chi connectivity index (χ0v) is 19.3. The first-order valence-corrected chi connectivity index (χ1v) is 12.1. The van der Waals surface area contributed by atoms with Gasteiger partial charge in [0.05, 0.1) is 11.7 Å². The minimum Gasteiger partial charge on any atom is -0.477 e. The average Bonchev–Trinajstić information content (AvgIpc) is 3.54. The highest BCUT2D eigenvalue weighted by molar-refractivity contribution is 5.87. The lowest BCUT2D eigenvalue weighted by Gasteiger charge is -2.55. The summed E-state index contributed by atoms with van der Waals surface area (Å²) in [5.74, 6) is -0.0853. The molecule has 1 aromatic rings. The number of H-pyrrole nitrogens is 1. The Bertz CT molecular complexity index is 1150. The molecular weight excluding hydrogens is 420 g/mol. The lowest BCUT2D eigenvalue weighted by Crippen LogP contribution is -2.67. The maximum Gasteiger partial charge on any atom is 0.341 e. The van der Waals surface area contributed by atoms with E-state index in [0.29, 0.717) is 18.8 Å². The van der Waals surface area contributed by atoms with Gasteiger partial charge in [-0.05, 0) is 56.1 Å². The van der Waals surface area contributed by atoms with Crippen molar-refractivity contribution >= 4 is 5.97 Å². The predicted molar refractivity (Wildman–Crippen MR) is 122 cm³/mol. The zero-order valence-electron chi connectivity index (χ0n) is 19.3. The first-order valence-electron chi connectivity index (χ1n) is 12.1. The van der Waals surface area contributed by atoms with Gasteiger partial charge >= 0.3 is 5.97 Å². The van der Waals surface area contributed by atoms with Crippen molar-refractivity contribution in [3.63, 3.8) is 0 Å². The molecule has 7 heteroatoms. The monoisotopic (exact) mass is 452 g/mol. The van der Waals surface area contributed by atoms with Gasteiger partial charge in [0.25, 0.3) is 5.56 Å². The number of ether oxygens (including phenoxy) is 1. The van der Waals surface area contributed by atoms with Crippen LogP contribution in [-0.2, 0) is 17.6 Å². The van der Waals surface area contributed by atoms with E-state index in [-0.39, 0.29) is 17.7 Å². The fourth-order valence-corrected chi connectivity index (χ4v) is 7.46. The highest BCUT2D eigenvalue weighted by atomic mass is 16.5. The minimum absolute atomic E-state index is 0.0297. The second-order valence-electron chi connectivity index (χ2n) is 11.0. The Morgan fingerprint density at radius 1 is 1.33 bits per heavy atom. The Morgan fingerprint density at radius 3 is 2.82 bits per heavy atom. The highest BCUT2D eigenvalue weighted by Gasteiger charge is 2.71.